The van der Waals surface area contributed by atoms with Gasteiger partial charge in [0.15, 0.2) is 0 Å². The molecule has 1 nitrogen and oxygen atoms in total. The summed E-state index contributed by atoms with van der Waals surface area (Å²) < 4.78 is 0. The van der Waals surface area contributed by atoms with Crippen molar-refractivity contribution >= 4 is 5.57 Å². The molecule has 0 fully saturated rings. The van der Waals surface area contributed by atoms with E-state index >= 15 is 0 Å². The van der Waals surface area contributed by atoms with E-state index in [0.29, 0.717) is 0 Å². The molecule has 68 valence electrons. The van der Waals surface area contributed by atoms with Gasteiger partial charge in [0.1, 0.15) is 0 Å². The summed E-state index contributed by atoms with van der Waals surface area (Å²) in [6.45, 7) is 3.91. The molecule has 1 aromatic rings. The first kappa shape index (κ1) is 8.77. The fraction of sp³-hybridized carbons (Fsp3) is 0.154. The monoisotopic (exact) mass is 181 g/mol. The van der Waals surface area contributed by atoms with Crippen molar-refractivity contribution in [2.45, 2.75) is 6.42 Å². The fourth-order valence-corrected chi connectivity index (χ4v) is 1.71. The highest BCUT2D eigenvalue weighted by atomic mass is 14.3. The maximum absolute atomic E-state index is 8.85. The Morgan fingerprint density at radius 1 is 1.29 bits per heavy atom. The van der Waals surface area contributed by atoms with Gasteiger partial charge in [0.25, 0.3) is 0 Å². The zero-order chi connectivity index (χ0) is 9.97. The minimum Gasteiger partial charge on any atom is -0.197 e. The standard InChI is InChI=1S/C13H11N/c1-10-7-12(8-13(10)9-14)11-5-3-2-4-6-11/h2-6,8,13H,1,7H2. The van der Waals surface area contributed by atoms with Crippen LogP contribution in [0.3, 0.4) is 0 Å². The average Bonchev–Trinajstić information content (AvgIpc) is 2.61. The van der Waals surface area contributed by atoms with E-state index in [1.807, 2.05) is 24.3 Å². The summed E-state index contributed by atoms with van der Waals surface area (Å²) in [5.74, 6) is -0.0924. The molecule has 0 bridgehead atoms. The number of nitrogens with zero attached hydrogens (tertiary/aromatic N) is 1. The zero-order valence-corrected chi connectivity index (χ0v) is 7.90. The number of nitriles is 1. The summed E-state index contributed by atoms with van der Waals surface area (Å²) in [4.78, 5) is 0. The lowest BCUT2D eigenvalue weighted by Crippen LogP contribution is -1.87. The highest BCUT2D eigenvalue weighted by molar-refractivity contribution is 5.72. The van der Waals surface area contributed by atoms with Gasteiger partial charge in [-0.25, -0.2) is 0 Å². The second-order valence-corrected chi connectivity index (χ2v) is 3.50. The van der Waals surface area contributed by atoms with Crippen LogP contribution in [0.15, 0.2) is 48.6 Å². The quantitative estimate of drug-likeness (QED) is 0.610. The maximum Gasteiger partial charge on any atom is 0.0860 e. The Kier molecular flexibility index (Phi) is 2.20. The van der Waals surface area contributed by atoms with E-state index < -0.39 is 0 Å². The lowest BCUT2D eigenvalue weighted by atomic mass is 10.0. The van der Waals surface area contributed by atoms with Gasteiger partial charge in [0.2, 0.25) is 0 Å². The highest BCUT2D eigenvalue weighted by Gasteiger charge is 2.19. The second kappa shape index (κ2) is 3.51. The maximum atomic E-state index is 8.85. The van der Waals surface area contributed by atoms with Gasteiger partial charge < -0.3 is 0 Å². The topological polar surface area (TPSA) is 23.8 Å². The predicted molar refractivity (Wildman–Crippen MR) is 57.3 cm³/mol. The van der Waals surface area contributed by atoms with E-state index in [2.05, 4.69) is 24.8 Å². The first-order chi connectivity index (χ1) is 6.81. The highest BCUT2D eigenvalue weighted by Crippen LogP contribution is 2.34. The lowest BCUT2D eigenvalue weighted by Gasteiger charge is -2.00. The zero-order valence-electron chi connectivity index (χ0n) is 7.90. The molecular formula is C13H11N. The van der Waals surface area contributed by atoms with E-state index in [9.17, 15) is 0 Å². The van der Waals surface area contributed by atoms with Crippen molar-refractivity contribution in [2.24, 2.45) is 5.92 Å². The third kappa shape index (κ3) is 1.47. The van der Waals surface area contributed by atoms with Gasteiger partial charge in [0, 0.05) is 0 Å². The Bertz CT molecular complexity index is 420. The Hall–Kier alpha value is -1.81. The molecular weight excluding hydrogens is 170 g/mol. The number of rotatable bonds is 1. The Morgan fingerprint density at radius 2 is 2.00 bits per heavy atom. The molecule has 14 heavy (non-hydrogen) atoms. The molecule has 0 N–H and O–H groups in total. The van der Waals surface area contributed by atoms with Crippen molar-refractivity contribution in [2.75, 3.05) is 0 Å². The predicted octanol–water partition coefficient (Wildman–Crippen LogP) is 3.17. The van der Waals surface area contributed by atoms with Crippen molar-refractivity contribution in [1.29, 1.82) is 5.26 Å². The summed E-state index contributed by atoms with van der Waals surface area (Å²) in [5, 5.41) is 8.85. The third-order valence-corrected chi connectivity index (χ3v) is 2.51. The van der Waals surface area contributed by atoms with Crippen LogP contribution in [0.5, 0.6) is 0 Å². The molecule has 0 saturated carbocycles. The molecule has 0 radical (unpaired) electrons. The van der Waals surface area contributed by atoms with Crippen LogP contribution >= 0.6 is 0 Å². The van der Waals surface area contributed by atoms with Crippen LogP contribution in [-0.2, 0) is 0 Å². The number of hydrogen-bond acceptors (Lipinski definition) is 1. The Labute approximate surface area is 84.0 Å². The average molecular weight is 181 g/mol. The SMILES string of the molecule is C=C1CC(c2ccccc2)=CC1C#N. The van der Waals surface area contributed by atoms with Gasteiger partial charge in [-0.1, -0.05) is 48.6 Å². The smallest absolute Gasteiger partial charge is 0.0860 e. The first-order valence-corrected chi connectivity index (χ1v) is 4.64. The molecule has 0 spiro atoms. The third-order valence-electron chi connectivity index (χ3n) is 2.51. The van der Waals surface area contributed by atoms with Crippen molar-refractivity contribution in [3.8, 4) is 6.07 Å². The molecule has 0 heterocycles. The molecule has 1 aromatic carbocycles. The fourth-order valence-electron chi connectivity index (χ4n) is 1.71. The summed E-state index contributed by atoms with van der Waals surface area (Å²) in [7, 11) is 0. The van der Waals surface area contributed by atoms with Gasteiger partial charge in [-0.15, -0.1) is 0 Å². The summed E-state index contributed by atoms with van der Waals surface area (Å²) >= 11 is 0. The Balaban J connectivity index is 2.32. The van der Waals surface area contributed by atoms with Crippen molar-refractivity contribution in [3.63, 3.8) is 0 Å². The summed E-state index contributed by atoms with van der Waals surface area (Å²) in [5.41, 5.74) is 3.43. The molecule has 1 heteroatoms. The van der Waals surface area contributed by atoms with Crippen LogP contribution in [0, 0.1) is 17.2 Å². The molecule has 1 unspecified atom stereocenters. The van der Waals surface area contributed by atoms with Crippen LogP contribution in [0.25, 0.3) is 5.57 Å². The molecule has 0 amide bonds. The van der Waals surface area contributed by atoms with Crippen molar-refractivity contribution in [1.82, 2.24) is 0 Å². The van der Waals surface area contributed by atoms with Crippen molar-refractivity contribution < 1.29 is 0 Å². The van der Waals surface area contributed by atoms with E-state index in [1.165, 1.54) is 11.1 Å². The van der Waals surface area contributed by atoms with E-state index in [0.717, 1.165) is 12.0 Å². The lowest BCUT2D eigenvalue weighted by molar-refractivity contribution is 1.00. The first-order valence-electron chi connectivity index (χ1n) is 4.64. The van der Waals surface area contributed by atoms with E-state index in [-0.39, 0.29) is 5.92 Å². The van der Waals surface area contributed by atoms with Crippen molar-refractivity contribution in [3.05, 3.63) is 54.1 Å². The number of benzene rings is 1. The molecule has 0 saturated heterocycles. The molecule has 0 aliphatic heterocycles. The summed E-state index contributed by atoms with van der Waals surface area (Å²) in [6.07, 6.45) is 2.85. The molecule has 1 aliphatic rings. The van der Waals surface area contributed by atoms with Crippen LogP contribution < -0.4 is 0 Å². The Morgan fingerprint density at radius 3 is 2.57 bits per heavy atom. The largest absolute Gasteiger partial charge is 0.197 e. The van der Waals surface area contributed by atoms with Gasteiger partial charge in [-0.2, -0.15) is 5.26 Å². The minimum absolute atomic E-state index is 0.0924. The number of allylic oxidation sites excluding steroid dienone is 3. The second-order valence-electron chi connectivity index (χ2n) is 3.50. The molecule has 1 atom stereocenters. The van der Waals surface area contributed by atoms with Gasteiger partial charge >= 0.3 is 0 Å². The van der Waals surface area contributed by atoms with Crippen LogP contribution in [0.4, 0.5) is 0 Å². The van der Waals surface area contributed by atoms with Gasteiger partial charge in [-0.3, -0.25) is 0 Å². The van der Waals surface area contributed by atoms with E-state index in [1.54, 1.807) is 0 Å². The van der Waals surface area contributed by atoms with Crippen LogP contribution in [-0.4, -0.2) is 0 Å². The van der Waals surface area contributed by atoms with Crippen LogP contribution in [0.2, 0.25) is 0 Å². The summed E-state index contributed by atoms with van der Waals surface area (Å²) in [6, 6.07) is 12.4. The molecule has 1 aliphatic carbocycles. The number of hydrogen-bond donors (Lipinski definition) is 0. The minimum atomic E-state index is -0.0924. The molecule has 0 aromatic heterocycles. The molecule has 2 rings (SSSR count). The van der Waals surface area contributed by atoms with E-state index in [4.69, 9.17) is 5.26 Å². The van der Waals surface area contributed by atoms with Crippen LogP contribution in [0.1, 0.15) is 12.0 Å². The van der Waals surface area contributed by atoms with Gasteiger partial charge in [-0.05, 0) is 17.6 Å². The normalized spacial score (nSPS) is 20.4. The van der Waals surface area contributed by atoms with Gasteiger partial charge in [0.05, 0.1) is 12.0 Å².